The molecule has 8 heteroatoms. The monoisotopic (exact) mass is 338 g/mol. The van der Waals surface area contributed by atoms with Crippen molar-refractivity contribution in [2.45, 2.75) is 56.9 Å². The summed E-state index contributed by atoms with van der Waals surface area (Å²) in [4.78, 5) is 25.1. The van der Waals surface area contributed by atoms with Gasteiger partial charge in [-0.05, 0) is 19.3 Å². The summed E-state index contributed by atoms with van der Waals surface area (Å²) in [7, 11) is 1.74. The number of nitrogens with zero attached hydrogens (tertiary/aromatic N) is 4. The van der Waals surface area contributed by atoms with Crippen molar-refractivity contribution < 1.29 is 13.6 Å². The molecule has 7 nitrogen and oxygen atoms in total. The molecule has 1 unspecified atom stereocenters. The fourth-order valence-corrected chi connectivity index (χ4v) is 3.96. The average Bonchev–Trinajstić information content (AvgIpc) is 3.03. The van der Waals surface area contributed by atoms with Crippen LogP contribution in [0.4, 0.5) is 11.5 Å². The highest BCUT2D eigenvalue weighted by Crippen LogP contribution is 2.39. The highest BCUT2D eigenvalue weighted by molar-refractivity contribution is 7.78. The van der Waals surface area contributed by atoms with E-state index in [0.717, 1.165) is 31.5 Å². The summed E-state index contributed by atoms with van der Waals surface area (Å²) in [5, 5.41) is 0. The van der Waals surface area contributed by atoms with Crippen LogP contribution in [0.2, 0.25) is 0 Å². The topological polar surface area (TPSA) is 86.6 Å². The van der Waals surface area contributed by atoms with Crippen molar-refractivity contribution in [2.75, 3.05) is 16.8 Å². The lowest BCUT2D eigenvalue weighted by Gasteiger charge is -2.43. The number of hydrogen-bond acceptors (Lipinski definition) is 5. The van der Waals surface area contributed by atoms with Crippen LogP contribution >= 0.6 is 0 Å². The molecule has 0 radical (unpaired) electrons. The summed E-state index contributed by atoms with van der Waals surface area (Å²) in [6.07, 6.45) is 6.74. The lowest BCUT2D eigenvalue weighted by Crippen LogP contribution is -2.55. The Balaban J connectivity index is 2.07. The molecule has 0 spiro atoms. The molecule has 2 atom stereocenters. The predicted octanol–water partition coefficient (Wildman–Crippen LogP) is 1.70. The summed E-state index contributed by atoms with van der Waals surface area (Å²) in [6, 6.07) is 0.0803. The molecule has 1 fully saturated rings. The molecule has 1 aliphatic heterocycles. The summed E-state index contributed by atoms with van der Waals surface area (Å²) < 4.78 is 20.2. The second-order valence-electron chi connectivity index (χ2n) is 6.13. The normalized spacial score (nSPS) is 23.3. The second kappa shape index (κ2) is 6.52. The molecule has 1 N–H and O–H groups in total. The first-order valence-electron chi connectivity index (χ1n) is 8.02. The van der Waals surface area contributed by atoms with E-state index in [9.17, 15) is 9.00 Å². The van der Waals surface area contributed by atoms with E-state index in [4.69, 9.17) is 4.55 Å². The minimum Gasteiger partial charge on any atom is -0.340 e. The zero-order chi connectivity index (χ0) is 16.6. The Morgan fingerprint density at radius 1 is 1.39 bits per heavy atom. The van der Waals surface area contributed by atoms with Crippen molar-refractivity contribution in [3.05, 3.63) is 12.0 Å². The molecule has 1 amide bonds. The average molecular weight is 338 g/mol. The van der Waals surface area contributed by atoms with Crippen LogP contribution in [-0.2, 0) is 21.6 Å². The lowest BCUT2D eigenvalue weighted by molar-refractivity contribution is -0.120. The Labute approximate surface area is 138 Å². The number of amides is 1. The van der Waals surface area contributed by atoms with Crippen molar-refractivity contribution in [3.8, 4) is 0 Å². The van der Waals surface area contributed by atoms with E-state index in [1.165, 1.54) is 0 Å². The number of likely N-dealkylation sites (N-methyl/N-ethyl adjacent to an activating group) is 1. The molecular weight excluding hydrogens is 316 g/mol. The van der Waals surface area contributed by atoms with Gasteiger partial charge in [0.25, 0.3) is 0 Å². The third-order valence-electron chi connectivity index (χ3n) is 4.71. The van der Waals surface area contributed by atoms with Crippen LogP contribution in [0, 0.1) is 0 Å². The van der Waals surface area contributed by atoms with E-state index in [0.29, 0.717) is 24.0 Å². The van der Waals surface area contributed by atoms with Gasteiger partial charge in [0.05, 0.1) is 6.20 Å². The summed E-state index contributed by atoms with van der Waals surface area (Å²) >= 11 is -1.98. The van der Waals surface area contributed by atoms with E-state index in [1.807, 2.05) is 6.92 Å². The van der Waals surface area contributed by atoms with Crippen LogP contribution < -0.4 is 9.80 Å². The van der Waals surface area contributed by atoms with Crippen molar-refractivity contribution >= 4 is 28.5 Å². The van der Waals surface area contributed by atoms with E-state index in [2.05, 4.69) is 14.9 Å². The lowest BCUT2D eigenvalue weighted by atomic mass is 10.0. The number of anilines is 2. The van der Waals surface area contributed by atoms with Crippen LogP contribution in [0.3, 0.4) is 0 Å². The molecule has 0 saturated heterocycles. The van der Waals surface area contributed by atoms with Crippen LogP contribution in [0.1, 0.15) is 44.9 Å². The number of rotatable bonds is 4. The number of hydrogen-bond donors (Lipinski definition) is 1. The smallest absolute Gasteiger partial charge is 0.249 e. The van der Waals surface area contributed by atoms with Gasteiger partial charge in [0.15, 0.2) is 16.9 Å². The molecule has 1 aromatic rings. The number of carbonyl (C=O) groups excluding carboxylic acids is 1. The van der Waals surface area contributed by atoms with Gasteiger partial charge in [-0.2, -0.15) is 0 Å². The summed E-state index contributed by atoms with van der Waals surface area (Å²) in [5.41, 5.74) is 0.680. The maximum atomic E-state index is 12.7. The number of carbonyl (C=O) groups is 1. The summed E-state index contributed by atoms with van der Waals surface area (Å²) in [6.45, 7) is 2.01. The van der Waals surface area contributed by atoms with Crippen molar-refractivity contribution in [1.29, 1.82) is 0 Å². The Kier molecular flexibility index (Phi) is 4.63. The molecule has 0 bridgehead atoms. The quantitative estimate of drug-likeness (QED) is 0.841. The second-order valence-corrected chi connectivity index (χ2v) is 7.06. The van der Waals surface area contributed by atoms with Crippen LogP contribution in [0.5, 0.6) is 0 Å². The van der Waals surface area contributed by atoms with Gasteiger partial charge in [0.1, 0.15) is 23.3 Å². The number of fused-ring (bicyclic) bond motifs is 1. The van der Waals surface area contributed by atoms with Gasteiger partial charge in [0, 0.05) is 13.1 Å². The SMILES string of the molecule is CC[C@@H]1C(=O)N(C)c2cnc(CS(=O)O)nc2N1C1CCCC1. The minimum absolute atomic E-state index is 0.0639. The standard InChI is InChI=1S/C15H22N4O3S/c1-3-11-15(20)18(2)12-8-16-13(9-23(21)22)17-14(12)19(11)10-6-4-5-7-10/h8,10-11H,3-7,9H2,1-2H3,(H,21,22)/t11-/m1/s1. The number of aromatic nitrogens is 2. The molecular formula is C15H22N4O3S. The molecule has 2 aliphatic rings. The van der Waals surface area contributed by atoms with Crippen LogP contribution in [0.15, 0.2) is 6.20 Å². The molecule has 2 heterocycles. The first kappa shape index (κ1) is 16.3. The van der Waals surface area contributed by atoms with Gasteiger partial charge in [-0.25, -0.2) is 14.2 Å². The molecule has 1 saturated carbocycles. The largest absolute Gasteiger partial charge is 0.340 e. The van der Waals surface area contributed by atoms with Crippen LogP contribution in [-0.4, -0.2) is 43.8 Å². The van der Waals surface area contributed by atoms with E-state index < -0.39 is 11.1 Å². The van der Waals surface area contributed by atoms with Gasteiger partial charge in [-0.15, -0.1) is 0 Å². The van der Waals surface area contributed by atoms with Gasteiger partial charge in [-0.3, -0.25) is 4.79 Å². The Hall–Kier alpha value is -1.54. The minimum atomic E-state index is -1.98. The maximum absolute atomic E-state index is 12.7. The van der Waals surface area contributed by atoms with Crippen molar-refractivity contribution in [1.82, 2.24) is 9.97 Å². The van der Waals surface area contributed by atoms with Gasteiger partial charge < -0.3 is 14.4 Å². The van der Waals surface area contributed by atoms with Gasteiger partial charge in [-0.1, -0.05) is 19.8 Å². The summed E-state index contributed by atoms with van der Waals surface area (Å²) in [5.74, 6) is 1.03. The molecule has 23 heavy (non-hydrogen) atoms. The van der Waals surface area contributed by atoms with Gasteiger partial charge >= 0.3 is 0 Å². The zero-order valence-corrected chi connectivity index (χ0v) is 14.3. The third-order valence-corrected chi connectivity index (χ3v) is 5.22. The Morgan fingerprint density at radius 3 is 2.70 bits per heavy atom. The third kappa shape index (κ3) is 2.97. The van der Waals surface area contributed by atoms with Crippen molar-refractivity contribution in [2.24, 2.45) is 0 Å². The first-order chi connectivity index (χ1) is 11.0. The molecule has 1 aromatic heterocycles. The Bertz CT molecular complexity index is 633. The molecule has 1 aliphatic carbocycles. The zero-order valence-electron chi connectivity index (χ0n) is 13.4. The molecule has 3 rings (SSSR count). The highest BCUT2D eigenvalue weighted by atomic mass is 32.2. The van der Waals surface area contributed by atoms with E-state index >= 15 is 0 Å². The van der Waals surface area contributed by atoms with Crippen molar-refractivity contribution in [3.63, 3.8) is 0 Å². The van der Waals surface area contributed by atoms with Crippen LogP contribution in [0.25, 0.3) is 0 Å². The fraction of sp³-hybridized carbons (Fsp3) is 0.667. The molecule has 126 valence electrons. The predicted molar refractivity (Wildman–Crippen MR) is 88.7 cm³/mol. The van der Waals surface area contributed by atoms with Gasteiger partial charge in [0.2, 0.25) is 5.91 Å². The van der Waals surface area contributed by atoms with E-state index in [1.54, 1.807) is 18.1 Å². The first-order valence-corrected chi connectivity index (χ1v) is 9.29. The van der Waals surface area contributed by atoms with E-state index in [-0.39, 0.29) is 17.7 Å². The Morgan fingerprint density at radius 2 is 2.09 bits per heavy atom. The maximum Gasteiger partial charge on any atom is 0.249 e. The fourth-order valence-electron chi connectivity index (χ4n) is 3.60. The highest BCUT2D eigenvalue weighted by Gasteiger charge is 2.41. The molecule has 0 aromatic carbocycles.